The first-order valence-corrected chi connectivity index (χ1v) is 7.45. The molecule has 0 bridgehead atoms. The van der Waals surface area contributed by atoms with Crippen LogP contribution in [0, 0.1) is 13.8 Å². The summed E-state index contributed by atoms with van der Waals surface area (Å²) in [5.41, 5.74) is 2.96. The van der Waals surface area contributed by atoms with E-state index < -0.39 is 0 Å². The van der Waals surface area contributed by atoms with Gasteiger partial charge in [-0.2, -0.15) is 0 Å². The van der Waals surface area contributed by atoms with Gasteiger partial charge in [-0.25, -0.2) is 4.98 Å². The van der Waals surface area contributed by atoms with E-state index in [2.05, 4.69) is 26.2 Å². The third-order valence-electron chi connectivity index (χ3n) is 2.97. The van der Waals surface area contributed by atoms with Crippen molar-refractivity contribution in [2.24, 2.45) is 0 Å². The molecule has 0 saturated carbocycles. The molecule has 21 heavy (non-hydrogen) atoms. The number of carbonyl (C=O) groups excluding carboxylic acids is 1. The lowest BCUT2D eigenvalue weighted by atomic mass is 10.3. The van der Waals surface area contributed by atoms with Gasteiger partial charge in [0.15, 0.2) is 5.65 Å². The van der Waals surface area contributed by atoms with Crippen molar-refractivity contribution < 1.29 is 14.6 Å². The van der Waals surface area contributed by atoms with Gasteiger partial charge in [0.1, 0.15) is 5.69 Å². The summed E-state index contributed by atoms with van der Waals surface area (Å²) >= 11 is 3.47. The fourth-order valence-corrected chi connectivity index (χ4v) is 2.75. The van der Waals surface area contributed by atoms with Gasteiger partial charge in [-0.1, -0.05) is 0 Å². The lowest BCUT2D eigenvalue weighted by Crippen LogP contribution is -2.29. The number of halogens is 1. The van der Waals surface area contributed by atoms with E-state index in [0.29, 0.717) is 24.5 Å². The molecule has 0 fully saturated rings. The number of aryl methyl sites for hydroxylation is 2. The Labute approximate surface area is 131 Å². The molecule has 2 aromatic heterocycles. The Bertz CT molecular complexity index is 654. The molecule has 2 aromatic rings. The summed E-state index contributed by atoms with van der Waals surface area (Å²) in [7, 11) is 0. The number of hydrogen-bond acceptors (Lipinski definition) is 4. The van der Waals surface area contributed by atoms with E-state index in [1.54, 1.807) is 4.40 Å². The highest BCUT2D eigenvalue weighted by atomic mass is 79.9. The molecule has 0 aliphatic rings. The van der Waals surface area contributed by atoms with Gasteiger partial charge in [-0.3, -0.25) is 9.20 Å². The predicted molar refractivity (Wildman–Crippen MR) is 82.6 cm³/mol. The summed E-state index contributed by atoms with van der Waals surface area (Å²) in [5, 5.41) is 11.4. The monoisotopic (exact) mass is 355 g/mol. The standard InChI is InChI=1S/C14H18BrN3O3/c1-9-7-11(15)13-17-10(2)12(18(13)8-9)14(20)16-3-5-21-6-4-19/h7-8,19H,3-6H2,1-2H3,(H,16,20). The number of imidazole rings is 1. The number of amides is 1. The van der Waals surface area contributed by atoms with Crippen LogP contribution in [0.4, 0.5) is 0 Å². The van der Waals surface area contributed by atoms with Gasteiger partial charge in [0.05, 0.1) is 30.0 Å². The van der Waals surface area contributed by atoms with E-state index in [9.17, 15) is 4.79 Å². The Morgan fingerprint density at radius 3 is 2.95 bits per heavy atom. The molecular weight excluding hydrogens is 338 g/mol. The summed E-state index contributed by atoms with van der Waals surface area (Å²) in [4.78, 5) is 16.7. The largest absolute Gasteiger partial charge is 0.394 e. The van der Waals surface area contributed by atoms with Gasteiger partial charge in [0.25, 0.3) is 5.91 Å². The molecular formula is C14H18BrN3O3. The molecule has 0 saturated heterocycles. The number of aliphatic hydroxyl groups excluding tert-OH is 1. The van der Waals surface area contributed by atoms with Crippen LogP contribution in [0.2, 0.25) is 0 Å². The van der Waals surface area contributed by atoms with Gasteiger partial charge >= 0.3 is 0 Å². The summed E-state index contributed by atoms with van der Waals surface area (Å²) < 4.78 is 7.76. The number of nitrogens with zero attached hydrogens (tertiary/aromatic N) is 2. The minimum atomic E-state index is -0.190. The van der Waals surface area contributed by atoms with Crippen LogP contribution in [-0.4, -0.2) is 46.8 Å². The predicted octanol–water partition coefficient (Wildman–Crippen LogP) is 1.45. The van der Waals surface area contributed by atoms with Crippen LogP contribution in [-0.2, 0) is 4.74 Å². The van der Waals surface area contributed by atoms with Crippen LogP contribution in [0.3, 0.4) is 0 Å². The molecule has 2 rings (SSSR count). The van der Waals surface area contributed by atoms with Crippen molar-refractivity contribution in [3.05, 3.63) is 33.7 Å². The summed E-state index contributed by atoms with van der Waals surface area (Å²) in [6.45, 7) is 4.78. The van der Waals surface area contributed by atoms with Gasteiger partial charge in [-0.05, 0) is 41.4 Å². The summed E-state index contributed by atoms with van der Waals surface area (Å²) in [6.07, 6.45) is 1.89. The number of nitrogens with one attached hydrogen (secondary N) is 1. The first-order chi connectivity index (χ1) is 10.0. The van der Waals surface area contributed by atoms with Gasteiger partial charge in [0.2, 0.25) is 0 Å². The molecule has 0 aliphatic heterocycles. The van der Waals surface area contributed by atoms with Crippen LogP contribution < -0.4 is 5.32 Å². The van der Waals surface area contributed by atoms with Crippen molar-refractivity contribution in [2.75, 3.05) is 26.4 Å². The number of pyridine rings is 1. The molecule has 6 nitrogen and oxygen atoms in total. The van der Waals surface area contributed by atoms with E-state index in [4.69, 9.17) is 9.84 Å². The third kappa shape index (κ3) is 3.61. The molecule has 2 heterocycles. The van der Waals surface area contributed by atoms with Crippen LogP contribution in [0.25, 0.3) is 5.65 Å². The van der Waals surface area contributed by atoms with Gasteiger partial charge in [0, 0.05) is 12.7 Å². The van der Waals surface area contributed by atoms with Crippen molar-refractivity contribution in [3.63, 3.8) is 0 Å². The SMILES string of the molecule is Cc1cc(Br)c2nc(C)c(C(=O)NCCOCCO)n2c1. The van der Waals surface area contributed by atoms with Crippen LogP contribution >= 0.6 is 15.9 Å². The zero-order valence-corrected chi connectivity index (χ0v) is 13.6. The number of aliphatic hydroxyl groups is 1. The molecule has 114 valence electrons. The van der Waals surface area contributed by atoms with E-state index in [-0.39, 0.29) is 19.1 Å². The smallest absolute Gasteiger partial charge is 0.270 e. The third-order valence-corrected chi connectivity index (χ3v) is 3.55. The number of aromatic nitrogens is 2. The lowest BCUT2D eigenvalue weighted by molar-refractivity contribution is 0.0834. The minimum Gasteiger partial charge on any atom is -0.394 e. The normalized spacial score (nSPS) is 11.0. The second-order valence-corrected chi connectivity index (χ2v) is 5.55. The van der Waals surface area contributed by atoms with E-state index in [0.717, 1.165) is 15.7 Å². The zero-order valence-electron chi connectivity index (χ0n) is 12.0. The fourth-order valence-electron chi connectivity index (χ4n) is 2.11. The Hall–Kier alpha value is -1.44. The number of rotatable bonds is 6. The number of fused-ring (bicyclic) bond motifs is 1. The number of ether oxygens (including phenoxy) is 1. The van der Waals surface area contributed by atoms with E-state index >= 15 is 0 Å². The number of hydrogen-bond donors (Lipinski definition) is 2. The van der Waals surface area contributed by atoms with Crippen molar-refractivity contribution >= 4 is 27.5 Å². The second-order valence-electron chi connectivity index (χ2n) is 4.70. The van der Waals surface area contributed by atoms with Crippen LogP contribution in [0.5, 0.6) is 0 Å². The molecule has 0 spiro atoms. The average Bonchev–Trinajstić information content (AvgIpc) is 2.75. The molecule has 2 N–H and O–H groups in total. The van der Waals surface area contributed by atoms with Crippen LogP contribution in [0.15, 0.2) is 16.7 Å². The van der Waals surface area contributed by atoms with Gasteiger partial charge in [-0.15, -0.1) is 0 Å². The molecule has 0 atom stereocenters. The molecule has 0 aliphatic carbocycles. The molecule has 0 radical (unpaired) electrons. The van der Waals surface area contributed by atoms with Crippen LogP contribution in [0.1, 0.15) is 21.7 Å². The Kier molecular flexibility index (Phi) is 5.33. The average molecular weight is 356 g/mol. The highest BCUT2D eigenvalue weighted by Gasteiger charge is 2.17. The maximum atomic E-state index is 12.3. The van der Waals surface area contributed by atoms with Crippen molar-refractivity contribution in [3.8, 4) is 0 Å². The van der Waals surface area contributed by atoms with E-state index in [1.807, 2.05) is 26.1 Å². The Morgan fingerprint density at radius 1 is 1.48 bits per heavy atom. The first kappa shape index (κ1) is 15.9. The molecule has 1 amide bonds. The summed E-state index contributed by atoms with van der Waals surface area (Å²) in [5.74, 6) is -0.190. The maximum Gasteiger partial charge on any atom is 0.270 e. The quantitative estimate of drug-likeness (QED) is 0.769. The fraction of sp³-hybridized carbons (Fsp3) is 0.429. The molecule has 0 unspecified atom stereocenters. The molecule has 7 heteroatoms. The van der Waals surface area contributed by atoms with Crippen molar-refractivity contribution in [2.45, 2.75) is 13.8 Å². The minimum absolute atomic E-state index is 0.0202. The number of carbonyl (C=O) groups is 1. The van der Waals surface area contributed by atoms with Gasteiger partial charge < -0.3 is 15.2 Å². The van der Waals surface area contributed by atoms with E-state index in [1.165, 1.54) is 0 Å². The zero-order chi connectivity index (χ0) is 15.4. The maximum absolute atomic E-state index is 12.3. The summed E-state index contributed by atoms with van der Waals surface area (Å²) in [6, 6.07) is 1.96. The van der Waals surface area contributed by atoms with Crippen molar-refractivity contribution in [1.82, 2.24) is 14.7 Å². The second kappa shape index (κ2) is 7.02. The van der Waals surface area contributed by atoms with Crippen molar-refractivity contribution in [1.29, 1.82) is 0 Å². The highest BCUT2D eigenvalue weighted by molar-refractivity contribution is 9.10. The Balaban J connectivity index is 2.17. The Morgan fingerprint density at radius 2 is 2.24 bits per heavy atom. The lowest BCUT2D eigenvalue weighted by Gasteiger charge is -2.07. The topological polar surface area (TPSA) is 75.9 Å². The molecule has 0 aromatic carbocycles. The highest BCUT2D eigenvalue weighted by Crippen LogP contribution is 2.22. The first-order valence-electron chi connectivity index (χ1n) is 6.66.